The van der Waals surface area contributed by atoms with Crippen molar-refractivity contribution in [3.05, 3.63) is 11.6 Å². The first-order valence-electron chi connectivity index (χ1n) is 4.71. The van der Waals surface area contributed by atoms with Gasteiger partial charge in [0, 0.05) is 18.8 Å². The van der Waals surface area contributed by atoms with Gasteiger partial charge in [0.2, 0.25) is 5.82 Å². The standard InChI is InChI=1S/C9H16N4OS/c1-6(5-15-4)13(3)9(14)8-10-7(2)11-12-8/h6H,5H2,1-4H3,(H,10,11,12). The zero-order valence-corrected chi connectivity index (χ0v) is 10.3. The highest BCUT2D eigenvalue weighted by Crippen LogP contribution is 2.06. The Labute approximate surface area is 93.6 Å². The van der Waals surface area contributed by atoms with Crippen molar-refractivity contribution in [1.82, 2.24) is 20.1 Å². The third-order valence-corrected chi connectivity index (χ3v) is 2.99. The normalized spacial score (nSPS) is 12.5. The molecule has 0 aromatic carbocycles. The lowest BCUT2D eigenvalue weighted by atomic mass is 10.3. The molecule has 1 unspecified atom stereocenters. The molecular weight excluding hydrogens is 212 g/mol. The molecule has 0 radical (unpaired) electrons. The van der Waals surface area contributed by atoms with E-state index in [1.54, 1.807) is 30.6 Å². The van der Waals surface area contributed by atoms with Gasteiger partial charge in [-0.1, -0.05) is 0 Å². The Morgan fingerprint density at radius 1 is 1.67 bits per heavy atom. The Bertz CT molecular complexity index is 339. The van der Waals surface area contributed by atoms with Crippen molar-refractivity contribution < 1.29 is 4.79 Å². The zero-order valence-electron chi connectivity index (χ0n) is 9.44. The summed E-state index contributed by atoms with van der Waals surface area (Å²) in [7, 11) is 1.77. The van der Waals surface area contributed by atoms with Gasteiger partial charge in [0.15, 0.2) is 0 Å². The summed E-state index contributed by atoms with van der Waals surface area (Å²) in [5, 5.41) is 6.51. The number of nitrogens with one attached hydrogen (secondary N) is 1. The van der Waals surface area contributed by atoms with E-state index in [1.165, 1.54) is 0 Å². The number of aromatic nitrogens is 3. The van der Waals surface area contributed by atoms with E-state index in [4.69, 9.17) is 0 Å². The molecule has 6 heteroatoms. The molecule has 0 fully saturated rings. The molecule has 1 atom stereocenters. The monoisotopic (exact) mass is 228 g/mol. The van der Waals surface area contributed by atoms with Crippen LogP contribution in [0.5, 0.6) is 0 Å². The van der Waals surface area contributed by atoms with Gasteiger partial charge in [-0.15, -0.1) is 5.10 Å². The van der Waals surface area contributed by atoms with Crippen LogP contribution < -0.4 is 0 Å². The molecule has 5 nitrogen and oxygen atoms in total. The van der Waals surface area contributed by atoms with Gasteiger partial charge >= 0.3 is 0 Å². The lowest BCUT2D eigenvalue weighted by molar-refractivity contribution is 0.0745. The molecule has 0 saturated heterocycles. The predicted molar refractivity (Wildman–Crippen MR) is 61.1 cm³/mol. The van der Waals surface area contributed by atoms with Crippen LogP contribution >= 0.6 is 11.8 Å². The van der Waals surface area contributed by atoms with Crippen molar-refractivity contribution in [1.29, 1.82) is 0 Å². The summed E-state index contributed by atoms with van der Waals surface area (Å²) >= 11 is 1.71. The average Bonchev–Trinajstić information content (AvgIpc) is 2.63. The van der Waals surface area contributed by atoms with Crippen LogP contribution in [0.4, 0.5) is 0 Å². The number of carbonyl (C=O) groups excluding carboxylic acids is 1. The number of rotatable bonds is 4. The molecule has 1 heterocycles. The number of hydrogen-bond donors (Lipinski definition) is 1. The van der Waals surface area contributed by atoms with Crippen LogP contribution in [0.1, 0.15) is 23.4 Å². The van der Waals surface area contributed by atoms with E-state index >= 15 is 0 Å². The van der Waals surface area contributed by atoms with Crippen molar-refractivity contribution in [2.24, 2.45) is 0 Å². The minimum atomic E-state index is -0.138. The molecule has 1 aromatic rings. The quantitative estimate of drug-likeness (QED) is 0.833. The molecule has 1 rings (SSSR count). The third kappa shape index (κ3) is 2.95. The van der Waals surface area contributed by atoms with Crippen LogP contribution in [-0.2, 0) is 0 Å². The number of amides is 1. The summed E-state index contributed by atoms with van der Waals surface area (Å²) in [6.45, 7) is 3.78. The second-order valence-corrected chi connectivity index (χ2v) is 4.38. The van der Waals surface area contributed by atoms with Gasteiger partial charge in [0.1, 0.15) is 5.82 Å². The van der Waals surface area contributed by atoms with E-state index in [-0.39, 0.29) is 17.8 Å². The summed E-state index contributed by atoms with van der Waals surface area (Å²) in [5.74, 6) is 1.67. The first kappa shape index (κ1) is 12.0. The molecule has 0 aliphatic rings. The molecule has 15 heavy (non-hydrogen) atoms. The Morgan fingerprint density at radius 3 is 2.80 bits per heavy atom. The van der Waals surface area contributed by atoms with E-state index < -0.39 is 0 Å². The van der Waals surface area contributed by atoms with E-state index in [0.29, 0.717) is 5.82 Å². The van der Waals surface area contributed by atoms with Crippen LogP contribution in [0.2, 0.25) is 0 Å². The Hall–Kier alpha value is -1.04. The van der Waals surface area contributed by atoms with Crippen molar-refractivity contribution in [3.63, 3.8) is 0 Å². The number of aryl methyl sites for hydroxylation is 1. The van der Waals surface area contributed by atoms with Gasteiger partial charge in [-0.3, -0.25) is 9.89 Å². The Balaban J connectivity index is 2.68. The van der Waals surface area contributed by atoms with Crippen molar-refractivity contribution >= 4 is 17.7 Å². The minimum absolute atomic E-state index is 0.138. The van der Waals surface area contributed by atoms with Gasteiger partial charge in [0.25, 0.3) is 5.91 Å². The molecule has 0 bridgehead atoms. The molecule has 84 valence electrons. The highest BCUT2D eigenvalue weighted by molar-refractivity contribution is 7.98. The van der Waals surface area contributed by atoms with Crippen LogP contribution in [0.25, 0.3) is 0 Å². The van der Waals surface area contributed by atoms with Gasteiger partial charge in [-0.05, 0) is 20.1 Å². The number of nitrogens with zero attached hydrogens (tertiary/aromatic N) is 3. The molecule has 0 saturated carbocycles. The summed E-state index contributed by atoms with van der Waals surface area (Å²) in [6.07, 6.45) is 2.02. The van der Waals surface area contributed by atoms with E-state index in [0.717, 1.165) is 5.75 Å². The van der Waals surface area contributed by atoms with Crippen molar-refractivity contribution in [2.45, 2.75) is 19.9 Å². The molecule has 0 aliphatic carbocycles. The van der Waals surface area contributed by atoms with Gasteiger partial charge < -0.3 is 4.90 Å². The lowest BCUT2D eigenvalue weighted by Gasteiger charge is -2.22. The second kappa shape index (κ2) is 5.16. The number of hydrogen-bond acceptors (Lipinski definition) is 4. The maximum atomic E-state index is 11.8. The highest BCUT2D eigenvalue weighted by Gasteiger charge is 2.20. The van der Waals surface area contributed by atoms with Crippen LogP contribution in [0.3, 0.4) is 0 Å². The van der Waals surface area contributed by atoms with Crippen LogP contribution in [0.15, 0.2) is 0 Å². The topological polar surface area (TPSA) is 61.9 Å². The predicted octanol–water partition coefficient (Wildman–Crippen LogP) is 0.937. The SMILES string of the molecule is CSCC(C)N(C)C(=O)c1n[nH]c(C)n1. The summed E-state index contributed by atoms with van der Waals surface area (Å²) in [4.78, 5) is 17.5. The molecular formula is C9H16N4OS. The number of aromatic amines is 1. The van der Waals surface area contributed by atoms with Crippen LogP contribution in [0, 0.1) is 6.92 Å². The summed E-state index contributed by atoms with van der Waals surface area (Å²) in [5.41, 5.74) is 0. The fourth-order valence-corrected chi connectivity index (χ4v) is 1.86. The fourth-order valence-electron chi connectivity index (χ4n) is 1.15. The second-order valence-electron chi connectivity index (χ2n) is 3.46. The van der Waals surface area contributed by atoms with Gasteiger partial charge in [-0.2, -0.15) is 11.8 Å². The van der Waals surface area contributed by atoms with E-state index in [1.807, 2.05) is 13.2 Å². The first-order chi connectivity index (χ1) is 7.06. The smallest absolute Gasteiger partial charge is 0.293 e. The first-order valence-corrected chi connectivity index (χ1v) is 6.10. The van der Waals surface area contributed by atoms with Crippen molar-refractivity contribution in [3.8, 4) is 0 Å². The van der Waals surface area contributed by atoms with Crippen molar-refractivity contribution in [2.75, 3.05) is 19.1 Å². The summed E-state index contributed by atoms with van der Waals surface area (Å²) < 4.78 is 0. The number of carbonyl (C=O) groups is 1. The average molecular weight is 228 g/mol. The third-order valence-electron chi connectivity index (χ3n) is 2.18. The molecule has 1 amide bonds. The van der Waals surface area contributed by atoms with E-state index in [9.17, 15) is 4.79 Å². The zero-order chi connectivity index (χ0) is 11.4. The fraction of sp³-hybridized carbons (Fsp3) is 0.667. The summed E-state index contributed by atoms with van der Waals surface area (Å²) in [6, 6.07) is 0.186. The minimum Gasteiger partial charge on any atom is -0.335 e. The van der Waals surface area contributed by atoms with E-state index in [2.05, 4.69) is 15.2 Å². The van der Waals surface area contributed by atoms with Crippen LogP contribution in [-0.4, -0.2) is 51.1 Å². The van der Waals surface area contributed by atoms with Gasteiger partial charge in [-0.25, -0.2) is 4.98 Å². The Morgan fingerprint density at radius 2 is 2.33 bits per heavy atom. The maximum absolute atomic E-state index is 11.8. The number of H-pyrrole nitrogens is 1. The lowest BCUT2D eigenvalue weighted by Crippen LogP contribution is -2.37. The molecule has 0 aliphatic heterocycles. The molecule has 1 N–H and O–H groups in total. The highest BCUT2D eigenvalue weighted by atomic mass is 32.2. The maximum Gasteiger partial charge on any atom is 0.293 e. The number of thioether (sulfide) groups is 1. The molecule has 1 aromatic heterocycles. The Kier molecular flexibility index (Phi) is 4.14. The largest absolute Gasteiger partial charge is 0.335 e. The molecule has 0 spiro atoms. The van der Waals surface area contributed by atoms with Gasteiger partial charge in [0.05, 0.1) is 0 Å².